The molecule has 0 fully saturated rings. The highest BCUT2D eigenvalue weighted by Gasteiger charge is 2.13. The second kappa shape index (κ2) is 8.37. The summed E-state index contributed by atoms with van der Waals surface area (Å²) in [4.78, 5) is 10.9. The molecule has 4 rings (SSSR count). The fourth-order valence-corrected chi connectivity index (χ4v) is 2.91. The van der Waals surface area contributed by atoms with Crippen molar-refractivity contribution in [3.63, 3.8) is 0 Å². The molecule has 0 spiro atoms. The molecule has 0 aromatic heterocycles. The second-order valence-corrected chi connectivity index (χ2v) is 6.38. The van der Waals surface area contributed by atoms with Gasteiger partial charge in [0.2, 0.25) is 0 Å². The summed E-state index contributed by atoms with van der Waals surface area (Å²) in [5.41, 5.74) is 0.815. The first-order valence-corrected chi connectivity index (χ1v) is 8.83. The number of rotatable bonds is 3. The number of hydrogen-bond acceptors (Lipinski definition) is 2. The van der Waals surface area contributed by atoms with Crippen LogP contribution in [0.15, 0.2) is 84.9 Å². The van der Waals surface area contributed by atoms with E-state index < -0.39 is 11.9 Å². The van der Waals surface area contributed by atoms with E-state index in [-0.39, 0.29) is 0 Å². The van der Waals surface area contributed by atoms with Gasteiger partial charge in [-0.1, -0.05) is 72.8 Å². The van der Waals surface area contributed by atoms with Crippen molar-refractivity contribution in [2.24, 2.45) is 0 Å². The molecule has 136 valence electrons. The SMILES string of the molecule is COc1ccc2cc(C(C)C(=O)O)ccc2c1.c1ccc2ccccc2c1. The van der Waals surface area contributed by atoms with Crippen molar-refractivity contribution in [1.82, 2.24) is 0 Å². The Labute approximate surface area is 158 Å². The molecule has 4 aromatic carbocycles. The van der Waals surface area contributed by atoms with Crippen molar-refractivity contribution in [2.45, 2.75) is 12.8 Å². The van der Waals surface area contributed by atoms with Gasteiger partial charge < -0.3 is 9.84 Å². The summed E-state index contributed by atoms with van der Waals surface area (Å²) in [6, 6.07) is 28.1. The van der Waals surface area contributed by atoms with Crippen LogP contribution in [-0.4, -0.2) is 18.2 Å². The summed E-state index contributed by atoms with van der Waals surface area (Å²) in [6.45, 7) is 1.69. The first-order chi connectivity index (χ1) is 13.1. The van der Waals surface area contributed by atoms with Gasteiger partial charge in [0.25, 0.3) is 0 Å². The van der Waals surface area contributed by atoms with Gasteiger partial charge in [0.1, 0.15) is 5.75 Å². The number of carbonyl (C=O) groups is 1. The lowest BCUT2D eigenvalue weighted by Crippen LogP contribution is -2.06. The van der Waals surface area contributed by atoms with Crippen LogP contribution in [-0.2, 0) is 4.79 Å². The smallest absolute Gasteiger partial charge is 0.310 e. The lowest BCUT2D eigenvalue weighted by molar-refractivity contribution is -0.138. The van der Waals surface area contributed by atoms with Crippen molar-refractivity contribution in [3.05, 3.63) is 90.5 Å². The average Bonchev–Trinajstić information content (AvgIpc) is 2.73. The van der Waals surface area contributed by atoms with Crippen LogP contribution >= 0.6 is 0 Å². The number of ether oxygens (including phenoxy) is 1. The first-order valence-electron chi connectivity index (χ1n) is 8.83. The van der Waals surface area contributed by atoms with E-state index in [0.29, 0.717) is 0 Å². The van der Waals surface area contributed by atoms with Gasteiger partial charge in [0, 0.05) is 0 Å². The zero-order valence-electron chi connectivity index (χ0n) is 15.4. The molecular weight excluding hydrogens is 336 g/mol. The van der Waals surface area contributed by atoms with E-state index in [1.165, 1.54) is 10.8 Å². The standard InChI is InChI=1S/C14H14O3.C10H8/c1-9(14(15)16)10-3-4-12-8-13(17-2)6-5-11(12)7-10;1-2-6-10-8-4-3-7-9(10)5-1/h3-9H,1-2H3,(H,15,16);1-8H. The minimum atomic E-state index is -0.808. The number of hydrogen-bond donors (Lipinski definition) is 1. The first kappa shape index (κ1) is 18.5. The Kier molecular flexibility index (Phi) is 5.72. The number of carboxylic acids is 1. The van der Waals surface area contributed by atoms with Crippen LogP contribution in [0.4, 0.5) is 0 Å². The molecule has 27 heavy (non-hydrogen) atoms. The quantitative estimate of drug-likeness (QED) is 0.498. The molecule has 0 saturated carbocycles. The molecule has 0 aliphatic heterocycles. The van der Waals surface area contributed by atoms with Crippen LogP contribution in [0, 0.1) is 0 Å². The molecule has 0 aliphatic rings. The predicted molar refractivity (Wildman–Crippen MR) is 110 cm³/mol. The highest BCUT2D eigenvalue weighted by Crippen LogP contribution is 2.25. The molecule has 0 amide bonds. The van der Waals surface area contributed by atoms with Crippen LogP contribution in [0.2, 0.25) is 0 Å². The molecule has 3 heteroatoms. The third-order valence-electron chi connectivity index (χ3n) is 4.60. The molecule has 0 bridgehead atoms. The van der Waals surface area contributed by atoms with Crippen molar-refractivity contribution in [1.29, 1.82) is 0 Å². The van der Waals surface area contributed by atoms with Crippen LogP contribution in [0.5, 0.6) is 5.75 Å². The molecule has 0 heterocycles. The maximum Gasteiger partial charge on any atom is 0.310 e. The van der Waals surface area contributed by atoms with Gasteiger partial charge >= 0.3 is 5.97 Å². The predicted octanol–water partition coefficient (Wildman–Crippen LogP) is 5.88. The van der Waals surface area contributed by atoms with E-state index in [0.717, 1.165) is 22.1 Å². The van der Waals surface area contributed by atoms with Crippen molar-refractivity contribution < 1.29 is 14.6 Å². The van der Waals surface area contributed by atoms with Gasteiger partial charge in [-0.2, -0.15) is 0 Å². The van der Waals surface area contributed by atoms with Gasteiger partial charge in [-0.25, -0.2) is 0 Å². The van der Waals surface area contributed by atoms with Gasteiger partial charge in [0.05, 0.1) is 13.0 Å². The molecule has 0 saturated heterocycles. The Hall–Kier alpha value is -3.33. The van der Waals surface area contributed by atoms with E-state index >= 15 is 0 Å². The zero-order valence-corrected chi connectivity index (χ0v) is 15.4. The maximum absolute atomic E-state index is 10.9. The monoisotopic (exact) mass is 358 g/mol. The fourth-order valence-electron chi connectivity index (χ4n) is 2.91. The van der Waals surface area contributed by atoms with Crippen molar-refractivity contribution in [2.75, 3.05) is 7.11 Å². The second-order valence-electron chi connectivity index (χ2n) is 6.38. The van der Waals surface area contributed by atoms with Crippen LogP contribution in [0.3, 0.4) is 0 Å². The minimum Gasteiger partial charge on any atom is -0.497 e. The van der Waals surface area contributed by atoms with E-state index in [2.05, 4.69) is 48.5 Å². The zero-order chi connectivity index (χ0) is 19.2. The van der Waals surface area contributed by atoms with Gasteiger partial charge in [0.15, 0.2) is 0 Å². The normalized spacial score (nSPS) is 11.5. The summed E-state index contributed by atoms with van der Waals surface area (Å²) in [6.07, 6.45) is 0. The summed E-state index contributed by atoms with van der Waals surface area (Å²) < 4.78 is 5.14. The summed E-state index contributed by atoms with van der Waals surface area (Å²) in [5, 5.41) is 13.7. The maximum atomic E-state index is 10.9. The molecular formula is C24H22O3. The van der Waals surface area contributed by atoms with E-state index in [1.54, 1.807) is 14.0 Å². The number of aliphatic carboxylic acids is 1. The lowest BCUT2D eigenvalue weighted by atomic mass is 9.98. The van der Waals surface area contributed by atoms with Crippen molar-refractivity contribution >= 4 is 27.5 Å². The minimum absolute atomic E-state index is 0.485. The lowest BCUT2D eigenvalue weighted by Gasteiger charge is -2.08. The van der Waals surface area contributed by atoms with Crippen LogP contribution < -0.4 is 4.74 Å². The molecule has 0 aliphatic carbocycles. The Balaban J connectivity index is 0.000000177. The van der Waals surface area contributed by atoms with Crippen LogP contribution in [0.25, 0.3) is 21.5 Å². The molecule has 1 unspecified atom stereocenters. The number of carboxylic acid groups (broad SMARTS) is 1. The molecule has 1 atom stereocenters. The van der Waals surface area contributed by atoms with E-state index in [1.807, 2.05) is 36.4 Å². The Morgan fingerprint density at radius 2 is 1.30 bits per heavy atom. The number of benzene rings is 4. The average molecular weight is 358 g/mol. The molecule has 1 N–H and O–H groups in total. The Bertz CT molecular complexity index is 1000. The van der Waals surface area contributed by atoms with E-state index in [9.17, 15) is 4.79 Å². The number of methoxy groups -OCH3 is 1. The summed E-state index contributed by atoms with van der Waals surface area (Å²) in [7, 11) is 1.63. The van der Waals surface area contributed by atoms with Crippen LogP contribution in [0.1, 0.15) is 18.4 Å². The highest BCUT2D eigenvalue weighted by molar-refractivity contribution is 5.86. The fraction of sp³-hybridized carbons (Fsp3) is 0.125. The Morgan fingerprint density at radius 3 is 1.81 bits per heavy atom. The third-order valence-corrected chi connectivity index (χ3v) is 4.60. The largest absolute Gasteiger partial charge is 0.497 e. The molecule has 4 aromatic rings. The Morgan fingerprint density at radius 1 is 0.778 bits per heavy atom. The van der Waals surface area contributed by atoms with Gasteiger partial charge in [-0.05, 0) is 46.2 Å². The number of fused-ring (bicyclic) bond motifs is 2. The highest BCUT2D eigenvalue weighted by atomic mass is 16.5. The topological polar surface area (TPSA) is 46.5 Å². The van der Waals surface area contributed by atoms with Gasteiger partial charge in [-0.15, -0.1) is 0 Å². The van der Waals surface area contributed by atoms with E-state index in [4.69, 9.17) is 9.84 Å². The van der Waals surface area contributed by atoms with Crippen molar-refractivity contribution in [3.8, 4) is 5.75 Å². The summed E-state index contributed by atoms with van der Waals surface area (Å²) >= 11 is 0. The van der Waals surface area contributed by atoms with Gasteiger partial charge in [-0.3, -0.25) is 4.79 Å². The molecule has 0 radical (unpaired) electrons. The summed E-state index contributed by atoms with van der Waals surface area (Å²) in [5.74, 6) is -0.490. The molecule has 3 nitrogen and oxygen atoms in total. The third kappa shape index (κ3) is 4.45.